The van der Waals surface area contributed by atoms with Crippen LogP contribution in [-0.2, 0) is 9.53 Å². The fourth-order valence-electron chi connectivity index (χ4n) is 4.13. The Labute approximate surface area is 200 Å². The Morgan fingerprint density at radius 1 is 1.18 bits per heavy atom. The number of carbonyl (C=O) groups is 1. The van der Waals surface area contributed by atoms with Gasteiger partial charge in [0.15, 0.2) is 28.1 Å². The Morgan fingerprint density at radius 2 is 1.94 bits per heavy atom. The van der Waals surface area contributed by atoms with Gasteiger partial charge < -0.3 is 28.5 Å². The van der Waals surface area contributed by atoms with Crippen molar-refractivity contribution >= 4 is 28.5 Å². The van der Waals surface area contributed by atoms with Crippen LogP contribution in [0, 0.1) is 5.92 Å². The van der Waals surface area contributed by atoms with Crippen LogP contribution in [0.4, 0.5) is 0 Å². The Balaban J connectivity index is 1.63. The molecule has 0 amide bonds. The van der Waals surface area contributed by atoms with Gasteiger partial charge >= 0.3 is 5.97 Å². The van der Waals surface area contributed by atoms with Gasteiger partial charge in [0.05, 0.1) is 31.2 Å². The topological polar surface area (TPSA) is 104 Å². The minimum atomic E-state index is -1.17. The molecule has 0 saturated heterocycles. The summed E-state index contributed by atoms with van der Waals surface area (Å²) in [7, 11) is 2.96. The van der Waals surface area contributed by atoms with Crippen molar-refractivity contribution in [2.24, 2.45) is 5.92 Å². The highest BCUT2D eigenvalue weighted by Crippen LogP contribution is 2.43. The van der Waals surface area contributed by atoms with Crippen molar-refractivity contribution in [3.8, 4) is 28.6 Å². The fourth-order valence-corrected chi connectivity index (χ4v) is 4.34. The predicted octanol–water partition coefficient (Wildman–Crippen LogP) is 4.78. The number of hydrogen-bond acceptors (Lipinski definition) is 7. The van der Waals surface area contributed by atoms with E-state index in [0.717, 1.165) is 6.42 Å². The van der Waals surface area contributed by atoms with Crippen LogP contribution in [0.1, 0.15) is 19.8 Å². The van der Waals surface area contributed by atoms with E-state index in [1.54, 1.807) is 30.3 Å². The molecule has 4 rings (SSSR count). The summed E-state index contributed by atoms with van der Waals surface area (Å²) in [6.07, 6.45) is 1.28. The maximum absolute atomic E-state index is 12.6. The Hall–Kier alpha value is -3.23. The Kier molecular flexibility index (Phi) is 6.72. The molecule has 0 spiro atoms. The normalized spacial score (nSPS) is 19.5. The van der Waals surface area contributed by atoms with E-state index in [2.05, 4.69) is 0 Å². The smallest absolute Gasteiger partial charge is 0.336 e. The molecule has 0 aliphatic heterocycles. The van der Waals surface area contributed by atoms with E-state index in [-0.39, 0.29) is 35.9 Å². The van der Waals surface area contributed by atoms with Gasteiger partial charge in [-0.1, -0.05) is 24.6 Å². The average Bonchev–Trinajstić information content (AvgIpc) is 2.82. The van der Waals surface area contributed by atoms with Crippen LogP contribution in [0.3, 0.4) is 0 Å². The number of ether oxygens (including phenoxy) is 4. The van der Waals surface area contributed by atoms with Gasteiger partial charge in [0.1, 0.15) is 12.4 Å². The molecule has 9 heteroatoms. The number of carboxylic acids is 1. The lowest BCUT2D eigenvalue weighted by atomic mass is 9.70. The molecule has 3 aromatic rings. The summed E-state index contributed by atoms with van der Waals surface area (Å²) in [6.45, 7) is 2.02. The van der Waals surface area contributed by atoms with E-state index >= 15 is 0 Å². The maximum atomic E-state index is 12.6. The van der Waals surface area contributed by atoms with Crippen molar-refractivity contribution in [2.45, 2.75) is 25.4 Å². The SMILES string of the molecule is COc1cc(-c2cc(=O)c3cccc(Cl)c3o2)cc(OCCOC2(C(=O)O)CCC2C)c1OC. The van der Waals surface area contributed by atoms with Crippen molar-refractivity contribution in [3.05, 3.63) is 51.6 Å². The van der Waals surface area contributed by atoms with Crippen LogP contribution in [0.25, 0.3) is 22.3 Å². The zero-order chi connectivity index (χ0) is 24.5. The molecule has 8 nitrogen and oxygen atoms in total. The highest BCUT2D eigenvalue weighted by atomic mass is 35.5. The van der Waals surface area contributed by atoms with Crippen LogP contribution >= 0.6 is 11.6 Å². The van der Waals surface area contributed by atoms with Crippen molar-refractivity contribution in [3.63, 3.8) is 0 Å². The minimum absolute atomic E-state index is 0.0643. The third-order valence-electron chi connectivity index (χ3n) is 6.24. The first-order chi connectivity index (χ1) is 16.3. The van der Waals surface area contributed by atoms with Crippen molar-refractivity contribution < 1.29 is 33.3 Å². The van der Waals surface area contributed by atoms with Crippen LogP contribution < -0.4 is 19.6 Å². The van der Waals surface area contributed by atoms with Crippen LogP contribution in [0.15, 0.2) is 45.6 Å². The summed E-state index contributed by atoms with van der Waals surface area (Å²) in [6, 6.07) is 9.67. The van der Waals surface area contributed by atoms with E-state index in [1.807, 2.05) is 6.92 Å². The highest BCUT2D eigenvalue weighted by Gasteiger charge is 2.52. The van der Waals surface area contributed by atoms with Crippen LogP contribution in [0.5, 0.6) is 17.2 Å². The summed E-state index contributed by atoms with van der Waals surface area (Å²) < 4.78 is 28.5. The summed E-state index contributed by atoms with van der Waals surface area (Å²) >= 11 is 6.24. The third-order valence-corrected chi connectivity index (χ3v) is 6.54. The predicted molar refractivity (Wildman–Crippen MR) is 126 cm³/mol. The maximum Gasteiger partial charge on any atom is 0.336 e. The first-order valence-electron chi connectivity index (χ1n) is 10.8. The van der Waals surface area contributed by atoms with Crippen molar-refractivity contribution in [1.82, 2.24) is 0 Å². The Morgan fingerprint density at radius 3 is 2.56 bits per heavy atom. The quantitative estimate of drug-likeness (QED) is 0.429. The lowest BCUT2D eigenvalue weighted by molar-refractivity contribution is -0.193. The van der Waals surface area contributed by atoms with Gasteiger partial charge in [-0.25, -0.2) is 4.79 Å². The van der Waals surface area contributed by atoms with Gasteiger partial charge in [0.2, 0.25) is 5.75 Å². The van der Waals surface area contributed by atoms with E-state index in [0.29, 0.717) is 39.6 Å². The molecule has 180 valence electrons. The molecule has 0 bridgehead atoms. The third kappa shape index (κ3) is 4.19. The standard InChI is InChI=1S/C25H25ClO8/c1-14-7-8-25(14,24(28)29)33-10-9-32-21-12-15(11-20(30-2)23(21)31-3)19-13-18(27)16-5-4-6-17(26)22(16)34-19/h4-6,11-14H,7-10H2,1-3H3,(H,28,29). The Bertz CT molecular complexity index is 1280. The van der Waals surface area contributed by atoms with Gasteiger partial charge in [0, 0.05) is 11.6 Å². The first kappa shape index (κ1) is 23.9. The molecular weight excluding hydrogens is 464 g/mol. The monoisotopic (exact) mass is 488 g/mol. The number of para-hydroxylation sites is 1. The molecule has 2 unspecified atom stereocenters. The number of rotatable bonds is 9. The number of fused-ring (bicyclic) bond motifs is 1. The van der Waals surface area contributed by atoms with Gasteiger partial charge in [-0.3, -0.25) is 4.79 Å². The molecule has 34 heavy (non-hydrogen) atoms. The lowest BCUT2D eigenvalue weighted by Gasteiger charge is -2.43. The van der Waals surface area contributed by atoms with E-state index in [1.165, 1.54) is 20.3 Å². The molecule has 1 saturated carbocycles. The summed E-state index contributed by atoms with van der Waals surface area (Å²) in [5, 5.41) is 10.3. The molecule has 1 N–H and O–H groups in total. The molecule has 2 aromatic carbocycles. The zero-order valence-corrected chi connectivity index (χ0v) is 19.8. The van der Waals surface area contributed by atoms with Gasteiger partial charge in [-0.2, -0.15) is 0 Å². The summed E-state index contributed by atoms with van der Waals surface area (Å²) in [5.41, 5.74) is -0.605. The molecule has 1 fully saturated rings. The lowest BCUT2D eigenvalue weighted by Crippen LogP contribution is -2.55. The molecule has 2 atom stereocenters. The number of halogens is 1. The van der Waals surface area contributed by atoms with Crippen LogP contribution in [-0.4, -0.2) is 44.1 Å². The van der Waals surface area contributed by atoms with E-state index < -0.39 is 11.6 Å². The average molecular weight is 489 g/mol. The molecule has 1 heterocycles. The number of aliphatic carboxylic acids is 1. The molecule has 1 aliphatic rings. The van der Waals surface area contributed by atoms with E-state index in [4.69, 9.17) is 35.0 Å². The number of methoxy groups -OCH3 is 2. The number of hydrogen-bond donors (Lipinski definition) is 1. The number of benzene rings is 2. The molecule has 1 aromatic heterocycles. The second-order valence-electron chi connectivity index (χ2n) is 8.13. The first-order valence-corrected chi connectivity index (χ1v) is 11.2. The van der Waals surface area contributed by atoms with Gasteiger partial charge in [0.25, 0.3) is 0 Å². The summed E-state index contributed by atoms with van der Waals surface area (Å²) in [4.78, 5) is 24.3. The molecule has 1 aliphatic carbocycles. The number of carboxylic acid groups (broad SMARTS) is 1. The largest absolute Gasteiger partial charge is 0.493 e. The summed E-state index contributed by atoms with van der Waals surface area (Å²) in [5.74, 6) is 0.294. The van der Waals surface area contributed by atoms with Crippen molar-refractivity contribution in [2.75, 3.05) is 27.4 Å². The second kappa shape index (κ2) is 9.56. The fraction of sp³-hybridized carbons (Fsp3) is 0.360. The van der Waals surface area contributed by atoms with Gasteiger partial charge in [-0.05, 0) is 43.0 Å². The van der Waals surface area contributed by atoms with E-state index in [9.17, 15) is 14.7 Å². The second-order valence-corrected chi connectivity index (χ2v) is 8.54. The zero-order valence-electron chi connectivity index (χ0n) is 19.1. The minimum Gasteiger partial charge on any atom is -0.493 e. The highest BCUT2D eigenvalue weighted by molar-refractivity contribution is 6.34. The molecule has 0 radical (unpaired) electrons. The van der Waals surface area contributed by atoms with Crippen LogP contribution in [0.2, 0.25) is 5.02 Å². The molecular formula is C25H25ClO8. The van der Waals surface area contributed by atoms with Crippen molar-refractivity contribution in [1.29, 1.82) is 0 Å². The van der Waals surface area contributed by atoms with Gasteiger partial charge in [-0.15, -0.1) is 0 Å².